The largest absolute Gasteiger partial charge is 0.497 e. The van der Waals surface area contributed by atoms with Gasteiger partial charge >= 0.3 is 0 Å². The number of methoxy groups -OCH3 is 5. The van der Waals surface area contributed by atoms with E-state index in [4.69, 9.17) is 23.7 Å². The van der Waals surface area contributed by atoms with Crippen molar-refractivity contribution in [2.24, 2.45) is 5.10 Å². The van der Waals surface area contributed by atoms with Crippen LogP contribution in [0.4, 0.5) is 5.13 Å². The van der Waals surface area contributed by atoms with Crippen LogP contribution in [0.25, 0.3) is 10.2 Å². The molecule has 9 nitrogen and oxygen atoms in total. The number of hydrogen-bond donors (Lipinski definition) is 0. The van der Waals surface area contributed by atoms with E-state index < -0.39 is 5.91 Å². The average molecular weight is 586 g/mol. The van der Waals surface area contributed by atoms with Gasteiger partial charge in [-0.2, -0.15) is 10.1 Å². The molecule has 4 aromatic rings. The van der Waals surface area contributed by atoms with Gasteiger partial charge in [0.1, 0.15) is 11.5 Å². The van der Waals surface area contributed by atoms with Gasteiger partial charge in [-0.3, -0.25) is 4.79 Å². The molecule has 192 valence electrons. The third-order valence-electron chi connectivity index (χ3n) is 5.32. The number of ether oxygens (including phenoxy) is 5. The van der Waals surface area contributed by atoms with Crippen molar-refractivity contribution in [2.45, 2.75) is 0 Å². The van der Waals surface area contributed by atoms with E-state index in [-0.39, 0.29) is 0 Å². The molecule has 0 spiro atoms. The van der Waals surface area contributed by atoms with Crippen molar-refractivity contribution < 1.29 is 28.5 Å². The normalized spacial score (nSPS) is 11.0. The summed E-state index contributed by atoms with van der Waals surface area (Å²) in [6, 6.07) is 14.1. The van der Waals surface area contributed by atoms with Crippen molar-refractivity contribution >= 4 is 54.7 Å². The molecule has 0 unspecified atom stereocenters. The molecule has 0 radical (unpaired) electrons. The molecule has 0 atom stereocenters. The molecule has 3 aromatic carbocycles. The second-order valence-corrected chi connectivity index (χ2v) is 9.45. The van der Waals surface area contributed by atoms with Gasteiger partial charge in [-0.15, -0.1) is 0 Å². The molecular formula is C26H24BrN3O6S. The fourth-order valence-corrected chi connectivity index (χ4v) is 4.99. The molecule has 1 aromatic heterocycles. The Kier molecular flexibility index (Phi) is 8.14. The number of hydrazone groups is 1. The topological polar surface area (TPSA) is 91.7 Å². The molecule has 0 aliphatic carbocycles. The lowest BCUT2D eigenvalue weighted by Gasteiger charge is -2.16. The molecule has 0 saturated heterocycles. The number of anilines is 1. The summed E-state index contributed by atoms with van der Waals surface area (Å²) in [5.74, 6) is 1.91. The van der Waals surface area contributed by atoms with Gasteiger partial charge in [-0.25, -0.2) is 4.98 Å². The van der Waals surface area contributed by atoms with E-state index in [9.17, 15) is 4.79 Å². The van der Waals surface area contributed by atoms with E-state index in [1.807, 2.05) is 18.2 Å². The number of carbonyl (C=O) groups excluding carboxylic acids is 1. The average Bonchev–Trinajstić information content (AvgIpc) is 3.34. The number of hydrogen-bond acceptors (Lipinski definition) is 9. The SMILES string of the molecule is COc1cc(OC)cc(C(=O)N(/N=C/c2cc(OC)c(OC)c(OC)c2)c2nc3ccc(Br)cc3s2)c1. The standard InChI is InChI=1S/C26H24BrN3O6S/c1-32-18-10-16(11-19(13-18)33-2)25(31)30(26-29-20-7-6-17(27)12-23(20)37-26)28-14-15-8-21(34-3)24(36-5)22(9-15)35-4/h6-14H,1-5H3/b28-14+. The summed E-state index contributed by atoms with van der Waals surface area (Å²) in [6.45, 7) is 0. The highest BCUT2D eigenvalue weighted by atomic mass is 79.9. The number of carbonyl (C=O) groups is 1. The first-order valence-corrected chi connectivity index (χ1v) is 12.5. The fraction of sp³-hybridized carbons (Fsp3) is 0.192. The first-order chi connectivity index (χ1) is 17.9. The van der Waals surface area contributed by atoms with E-state index in [2.05, 4.69) is 26.0 Å². The predicted molar refractivity (Wildman–Crippen MR) is 147 cm³/mol. The van der Waals surface area contributed by atoms with Gasteiger partial charge < -0.3 is 23.7 Å². The predicted octanol–water partition coefficient (Wildman–Crippen LogP) is 5.78. The number of aromatic nitrogens is 1. The summed E-state index contributed by atoms with van der Waals surface area (Å²) >= 11 is 4.82. The molecule has 0 N–H and O–H groups in total. The Morgan fingerprint density at radius 2 is 1.54 bits per heavy atom. The summed E-state index contributed by atoms with van der Waals surface area (Å²) in [5, 5.41) is 6.18. The van der Waals surface area contributed by atoms with Crippen LogP contribution < -0.4 is 28.7 Å². The van der Waals surface area contributed by atoms with Crippen LogP contribution in [0.15, 0.2) is 58.1 Å². The summed E-state index contributed by atoms with van der Waals surface area (Å²) in [4.78, 5) is 18.4. The highest BCUT2D eigenvalue weighted by molar-refractivity contribution is 9.10. The van der Waals surface area contributed by atoms with Gasteiger partial charge in [0.2, 0.25) is 10.9 Å². The van der Waals surface area contributed by atoms with E-state index >= 15 is 0 Å². The van der Waals surface area contributed by atoms with Gasteiger partial charge in [-0.1, -0.05) is 27.3 Å². The summed E-state index contributed by atoms with van der Waals surface area (Å²) in [6.07, 6.45) is 1.53. The van der Waals surface area contributed by atoms with Crippen LogP contribution in [-0.2, 0) is 0 Å². The maximum absolute atomic E-state index is 13.8. The Labute approximate surface area is 226 Å². The first kappa shape index (κ1) is 26.2. The number of fused-ring (bicyclic) bond motifs is 1. The molecule has 0 fully saturated rings. The van der Waals surface area contributed by atoms with Crippen molar-refractivity contribution in [1.29, 1.82) is 0 Å². The minimum atomic E-state index is -0.418. The zero-order valence-corrected chi connectivity index (χ0v) is 23.2. The zero-order chi connectivity index (χ0) is 26.5. The number of benzene rings is 3. The van der Waals surface area contributed by atoms with E-state index in [1.165, 1.54) is 58.1 Å². The van der Waals surface area contributed by atoms with Crippen LogP contribution in [0.2, 0.25) is 0 Å². The third kappa shape index (κ3) is 5.62. The fourth-order valence-electron chi connectivity index (χ4n) is 3.52. The Morgan fingerprint density at radius 3 is 2.11 bits per heavy atom. The number of thiazole rings is 1. The molecule has 0 saturated carbocycles. The summed E-state index contributed by atoms with van der Waals surface area (Å²) in [7, 11) is 7.64. The van der Waals surface area contributed by atoms with Crippen LogP contribution >= 0.6 is 27.3 Å². The molecule has 0 bridgehead atoms. The molecule has 0 aliphatic heterocycles. The minimum absolute atomic E-state index is 0.318. The smallest absolute Gasteiger partial charge is 0.281 e. The van der Waals surface area contributed by atoms with Gasteiger partial charge in [-0.05, 0) is 42.5 Å². The summed E-state index contributed by atoms with van der Waals surface area (Å²) in [5.41, 5.74) is 1.69. The van der Waals surface area contributed by atoms with Crippen molar-refractivity contribution in [2.75, 3.05) is 40.6 Å². The van der Waals surface area contributed by atoms with Crippen LogP contribution in [0.5, 0.6) is 28.7 Å². The lowest BCUT2D eigenvalue weighted by atomic mass is 10.2. The van der Waals surface area contributed by atoms with Gasteiger partial charge in [0.25, 0.3) is 5.91 Å². The molecule has 1 heterocycles. The molecular weight excluding hydrogens is 562 g/mol. The van der Waals surface area contributed by atoms with Crippen LogP contribution in [-0.4, -0.2) is 52.7 Å². The zero-order valence-electron chi connectivity index (χ0n) is 20.8. The highest BCUT2D eigenvalue weighted by Crippen LogP contribution is 2.38. The summed E-state index contributed by atoms with van der Waals surface area (Å²) < 4.78 is 28.8. The lowest BCUT2D eigenvalue weighted by Crippen LogP contribution is -2.25. The number of halogens is 1. The molecule has 11 heteroatoms. The Hall–Kier alpha value is -3.83. The molecule has 1 amide bonds. The highest BCUT2D eigenvalue weighted by Gasteiger charge is 2.23. The van der Waals surface area contributed by atoms with Crippen molar-refractivity contribution in [3.8, 4) is 28.7 Å². The maximum atomic E-state index is 13.8. The van der Waals surface area contributed by atoms with Gasteiger partial charge in [0.05, 0.1) is 52.0 Å². The van der Waals surface area contributed by atoms with Crippen molar-refractivity contribution in [3.63, 3.8) is 0 Å². The lowest BCUT2D eigenvalue weighted by molar-refractivity contribution is 0.0987. The van der Waals surface area contributed by atoms with Crippen molar-refractivity contribution in [3.05, 3.63) is 64.1 Å². The van der Waals surface area contributed by atoms with Crippen molar-refractivity contribution in [1.82, 2.24) is 4.98 Å². The Morgan fingerprint density at radius 1 is 0.892 bits per heavy atom. The van der Waals surface area contributed by atoms with Gasteiger partial charge in [0, 0.05) is 21.7 Å². The minimum Gasteiger partial charge on any atom is -0.497 e. The molecule has 4 rings (SSSR count). The Bertz CT molecular complexity index is 1420. The maximum Gasteiger partial charge on any atom is 0.281 e. The van der Waals surface area contributed by atoms with E-state index in [0.717, 1.165) is 14.7 Å². The monoisotopic (exact) mass is 585 g/mol. The van der Waals surface area contributed by atoms with E-state index in [0.29, 0.717) is 45.0 Å². The second kappa shape index (κ2) is 11.5. The second-order valence-electron chi connectivity index (χ2n) is 7.53. The van der Waals surface area contributed by atoms with Crippen LogP contribution in [0.3, 0.4) is 0 Å². The van der Waals surface area contributed by atoms with E-state index in [1.54, 1.807) is 30.3 Å². The number of nitrogens with zero attached hydrogens (tertiary/aromatic N) is 3. The molecule has 0 aliphatic rings. The van der Waals surface area contributed by atoms with Gasteiger partial charge in [0.15, 0.2) is 11.5 Å². The third-order valence-corrected chi connectivity index (χ3v) is 6.81. The van der Waals surface area contributed by atoms with Crippen LogP contribution in [0, 0.1) is 0 Å². The molecule has 37 heavy (non-hydrogen) atoms. The first-order valence-electron chi connectivity index (χ1n) is 10.9. The van der Waals surface area contributed by atoms with Crippen LogP contribution in [0.1, 0.15) is 15.9 Å². The quantitative estimate of drug-likeness (QED) is 0.181. The Balaban J connectivity index is 1.82. The number of amides is 1. The number of rotatable bonds is 9.